The molecule has 0 atom stereocenters. The summed E-state index contributed by atoms with van der Waals surface area (Å²) in [5.41, 5.74) is 4.08. The van der Waals surface area contributed by atoms with E-state index >= 15 is 0 Å². The minimum atomic E-state index is -0.106. The molecule has 0 radical (unpaired) electrons. The number of para-hydroxylation sites is 4. The molecular weight excluding hydrogens is 545 g/mol. The largest absolute Gasteiger partial charge is 0.240 e. The number of hydrogen-bond donors (Lipinski definition) is 0. The average Bonchev–Trinajstić information content (AvgIpc) is 3.73. The van der Waals surface area contributed by atoms with E-state index in [-0.39, 0.29) is 11.8 Å². The Bertz CT molecular complexity index is 1650. The van der Waals surface area contributed by atoms with E-state index in [1.54, 1.807) is 45.3 Å². The Morgan fingerprint density at radius 2 is 0.579 bits per heavy atom. The third kappa shape index (κ3) is 3.75. The van der Waals surface area contributed by atoms with Crippen molar-refractivity contribution in [3.05, 3.63) is 117 Å². The fraction of sp³-hybridized carbons (Fsp3) is 0.0667. The molecule has 0 N–H and O–H groups in total. The van der Waals surface area contributed by atoms with E-state index in [2.05, 4.69) is 97.1 Å². The SMILES string of the molecule is c1ccc2sc(C(c3nc4ccccc4s3)C(c3nc4ccccc4s3)c3nc4ccccc4s3)nc2c1. The molecule has 0 amide bonds. The maximum atomic E-state index is 5.18. The van der Waals surface area contributed by atoms with Crippen molar-refractivity contribution in [1.82, 2.24) is 19.9 Å². The molecular formula is C30H18N4S4. The van der Waals surface area contributed by atoms with Crippen LogP contribution in [-0.2, 0) is 0 Å². The van der Waals surface area contributed by atoms with E-state index in [0.717, 1.165) is 42.1 Å². The number of fused-ring (bicyclic) bond motifs is 4. The molecule has 8 heteroatoms. The number of aromatic nitrogens is 4. The number of benzene rings is 4. The summed E-state index contributed by atoms with van der Waals surface area (Å²) in [6, 6.07) is 33.5. The van der Waals surface area contributed by atoms with E-state index in [9.17, 15) is 0 Å². The highest BCUT2D eigenvalue weighted by Gasteiger charge is 2.37. The number of thiazole rings is 4. The Morgan fingerprint density at radius 3 is 0.816 bits per heavy atom. The van der Waals surface area contributed by atoms with Gasteiger partial charge in [0, 0.05) is 0 Å². The van der Waals surface area contributed by atoms with Gasteiger partial charge in [-0.2, -0.15) is 0 Å². The molecule has 0 bridgehead atoms. The molecule has 0 saturated carbocycles. The summed E-state index contributed by atoms with van der Waals surface area (Å²) in [5, 5.41) is 4.20. The van der Waals surface area contributed by atoms with Crippen LogP contribution in [0.25, 0.3) is 40.9 Å². The van der Waals surface area contributed by atoms with Crippen LogP contribution in [0.5, 0.6) is 0 Å². The third-order valence-corrected chi connectivity index (χ3v) is 11.1. The average molecular weight is 563 g/mol. The lowest BCUT2D eigenvalue weighted by Gasteiger charge is -2.20. The van der Waals surface area contributed by atoms with Crippen LogP contribution in [0.15, 0.2) is 97.1 Å². The van der Waals surface area contributed by atoms with Crippen LogP contribution in [0.2, 0.25) is 0 Å². The summed E-state index contributed by atoms with van der Waals surface area (Å²) in [7, 11) is 0. The minimum absolute atomic E-state index is 0.106. The first-order valence-corrected chi connectivity index (χ1v) is 15.5. The number of rotatable bonds is 5. The van der Waals surface area contributed by atoms with Gasteiger partial charge >= 0.3 is 0 Å². The molecule has 8 rings (SSSR count). The van der Waals surface area contributed by atoms with Crippen molar-refractivity contribution in [3.8, 4) is 0 Å². The van der Waals surface area contributed by atoms with Gasteiger partial charge in [-0.15, -0.1) is 45.3 Å². The second-order valence-corrected chi connectivity index (χ2v) is 13.3. The number of nitrogens with zero attached hydrogens (tertiary/aromatic N) is 4. The fourth-order valence-corrected chi connectivity index (χ4v) is 9.46. The molecule has 4 heterocycles. The van der Waals surface area contributed by atoms with Crippen molar-refractivity contribution >= 4 is 86.2 Å². The molecule has 0 aliphatic carbocycles. The van der Waals surface area contributed by atoms with Gasteiger partial charge in [0.2, 0.25) is 0 Å². The summed E-state index contributed by atoms with van der Waals surface area (Å²) < 4.78 is 4.73. The molecule has 4 nitrogen and oxygen atoms in total. The summed E-state index contributed by atoms with van der Waals surface area (Å²) in [5.74, 6) is -0.211. The highest BCUT2D eigenvalue weighted by atomic mass is 32.1. The van der Waals surface area contributed by atoms with Gasteiger partial charge in [0.15, 0.2) is 0 Å². The fourth-order valence-electron chi connectivity index (χ4n) is 4.87. The lowest BCUT2D eigenvalue weighted by Crippen LogP contribution is -2.14. The third-order valence-electron chi connectivity index (χ3n) is 6.64. The first kappa shape index (κ1) is 22.4. The predicted octanol–water partition coefficient (Wildman–Crippen LogP) is 9.09. The zero-order valence-corrected chi connectivity index (χ0v) is 23.1. The summed E-state index contributed by atoms with van der Waals surface area (Å²) in [6.45, 7) is 0. The van der Waals surface area contributed by atoms with Gasteiger partial charge in [-0.05, 0) is 48.5 Å². The number of hydrogen-bond acceptors (Lipinski definition) is 8. The molecule has 38 heavy (non-hydrogen) atoms. The molecule has 4 aromatic carbocycles. The first-order valence-electron chi connectivity index (χ1n) is 12.2. The quantitative estimate of drug-likeness (QED) is 0.210. The van der Waals surface area contributed by atoms with Gasteiger partial charge in [0.25, 0.3) is 0 Å². The van der Waals surface area contributed by atoms with Crippen LogP contribution < -0.4 is 0 Å². The van der Waals surface area contributed by atoms with Crippen molar-refractivity contribution in [2.45, 2.75) is 11.8 Å². The molecule has 0 aliphatic rings. The van der Waals surface area contributed by atoms with E-state index in [4.69, 9.17) is 19.9 Å². The minimum Gasteiger partial charge on any atom is -0.240 e. The standard InChI is InChI=1S/C30H18N4S4/c1-5-13-21-17(9-1)31-27(35-21)25(28-32-18-10-2-6-14-22(18)36-28)26(29-33-19-11-3-7-15-23(19)37-29)30-34-20-12-4-8-16-24(20)38-30/h1-16,25-26H. The van der Waals surface area contributed by atoms with Gasteiger partial charge < -0.3 is 0 Å². The monoisotopic (exact) mass is 562 g/mol. The summed E-state index contributed by atoms with van der Waals surface area (Å²) >= 11 is 7.00. The van der Waals surface area contributed by atoms with E-state index in [1.807, 2.05) is 0 Å². The van der Waals surface area contributed by atoms with Gasteiger partial charge in [-0.3, -0.25) is 0 Å². The zero-order valence-electron chi connectivity index (χ0n) is 19.8. The van der Waals surface area contributed by atoms with Crippen molar-refractivity contribution in [3.63, 3.8) is 0 Å². The van der Waals surface area contributed by atoms with Gasteiger partial charge in [-0.25, -0.2) is 19.9 Å². The molecule has 0 saturated heterocycles. The van der Waals surface area contributed by atoms with Crippen molar-refractivity contribution in [2.24, 2.45) is 0 Å². The molecule has 0 aliphatic heterocycles. The van der Waals surface area contributed by atoms with E-state index in [0.29, 0.717) is 0 Å². The van der Waals surface area contributed by atoms with Crippen LogP contribution in [-0.4, -0.2) is 19.9 Å². The van der Waals surface area contributed by atoms with Crippen LogP contribution in [0.3, 0.4) is 0 Å². The molecule has 0 spiro atoms. The topological polar surface area (TPSA) is 51.6 Å². The lowest BCUT2D eigenvalue weighted by atomic mass is 9.94. The van der Waals surface area contributed by atoms with Crippen molar-refractivity contribution in [2.75, 3.05) is 0 Å². The molecule has 4 aromatic heterocycles. The van der Waals surface area contributed by atoms with Crippen LogP contribution >= 0.6 is 45.3 Å². The van der Waals surface area contributed by atoms with Crippen LogP contribution in [0.1, 0.15) is 31.9 Å². The second-order valence-electron chi connectivity index (χ2n) is 9.03. The van der Waals surface area contributed by atoms with Gasteiger partial charge in [0.1, 0.15) is 20.0 Å². The van der Waals surface area contributed by atoms with E-state index in [1.165, 1.54) is 18.8 Å². The van der Waals surface area contributed by atoms with Gasteiger partial charge in [0.05, 0.1) is 52.7 Å². The van der Waals surface area contributed by atoms with E-state index < -0.39 is 0 Å². The van der Waals surface area contributed by atoms with Crippen LogP contribution in [0.4, 0.5) is 0 Å². The highest BCUT2D eigenvalue weighted by molar-refractivity contribution is 7.21. The molecule has 182 valence electrons. The predicted molar refractivity (Wildman–Crippen MR) is 162 cm³/mol. The molecule has 0 fully saturated rings. The summed E-state index contributed by atoms with van der Waals surface area (Å²) in [4.78, 5) is 20.7. The molecule has 0 unspecified atom stereocenters. The molecule has 8 aromatic rings. The zero-order chi connectivity index (χ0) is 25.1. The maximum absolute atomic E-state index is 5.18. The summed E-state index contributed by atoms with van der Waals surface area (Å²) in [6.07, 6.45) is 0. The highest BCUT2D eigenvalue weighted by Crippen LogP contribution is 2.49. The Balaban J connectivity index is 1.42. The Morgan fingerprint density at radius 1 is 0.342 bits per heavy atom. The Kier molecular flexibility index (Phi) is 5.33. The first-order chi connectivity index (χ1) is 18.8. The lowest BCUT2D eigenvalue weighted by molar-refractivity contribution is 0.681. The smallest absolute Gasteiger partial charge is 0.105 e. The van der Waals surface area contributed by atoms with Gasteiger partial charge in [-0.1, -0.05) is 48.5 Å². The Hall–Kier alpha value is -3.56. The van der Waals surface area contributed by atoms with Crippen molar-refractivity contribution in [1.29, 1.82) is 0 Å². The normalized spacial score (nSPS) is 12.2. The second kappa shape index (κ2) is 9.03. The van der Waals surface area contributed by atoms with Crippen LogP contribution in [0, 0.1) is 0 Å². The van der Waals surface area contributed by atoms with Crippen molar-refractivity contribution < 1.29 is 0 Å². The Labute approximate surface area is 233 Å². The maximum Gasteiger partial charge on any atom is 0.105 e.